The first-order valence-corrected chi connectivity index (χ1v) is 10.6. The van der Waals surface area contributed by atoms with Crippen molar-refractivity contribution < 1.29 is 9.53 Å². The van der Waals surface area contributed by atoms with Crippen molar-refractivity contribution in [1.29, 1.82) is 0 Å². The SMILES string of the molecule is COCC(C)n1c(CCCC(=O)N2CCc3nnc(C)n3CC2)nc2cccnc21. The molecule has 1 unspecified atom stereocenters. The second kappa shape index (κ2) is 8.91. The molecule has 0 radical (unpaired) electrons. The summed E-state index contributed by atoms with van der Waals surface area (Å²) in [4.78, 5) is 24.0. The summed E-state index contributed by atoms with van der Waals surface area (Å²) in [7, 11) is 1.70. The van der Waals surface area contributed by atoms with Crippen molar-refractivity contribution in [3.8, 4) is 0 Å². The Labute approximate surface area is 176 Å². The van der Waals surface area contributed by atoms with E-state index in [-0.39, 0.29) is 11.9 Å². The van der Waals surface area contributed by atoms with Gasteiger partial charge in [0.05, 0.1) is 12.6 Å². The van der Waals surface area contributed by atoms with Crippen molar-refractivity contribution in [2.24, 2.45) is 0 Å². The normalized spacial score (nSPS) is 15.2. The first-order chi connectivity index (χ1) is 14.6. The predicted octanol–water partition coefficient (Wildman–Crippen LogP) is 1.95. The van der Waals surface area contributed by atoms with Crippen LogP contribution < -0.4 is 0 Å². The standard InChI is InChI=1S/C21H29N7O2/c1-15(14-30-3)28-18(23-17-6-5-10-22-21(17)28)7-4-8-20(29)26-11-9-19-25-24-16(2)27(19)13-12-26/h5-6,10,15H,4,7-9,11-14H2,1-3H3. The summed E-state index contributed by atoms with van der Waals surface area (Å²) in [6.45, 7) is 6.81. The molecule has 0 aliphatic carbocycles. The third kappa shape index (κ3) is 4.07. The maximum atomic E-state index is 12.8. The molecule has 0 spiro atoms. The zero-order valence-corrected chi connectivity index (χ0v) is 17.9. The van der Waals surface area contributed by atoms with E-state index in [9.17, 15) is 4.79 Å². The van der Waals surface area contributed by atoms with Gasteiger partial charge in [-0.25, -0.2) is 9.97 Å². The first kappa shape index (κ1) is 20.5. The third-order valence-electron chi connectivity index (χ3n) is 5.73. The molecule has 160 valence electrons. The number of imidazole rings is 1. The molecule has 1 aliphatic rings. The van der Waals surface area contributed by atoms with Gasteiger partial charge in [-0.1, -0.05) is 0 Å². The fraction of sp³-hybridized carbons (Fsp3) is 0.571. The van der Waals surface area contributed by atoms with E-state index in [0.717, 1.165) is 54.4 Å². The molecule has 1 atom stereocenters. The molecule has 9 nitrogen and oxygen atoms in total. The van der Waals surface area contributed by atoms with Crippen molar-refractivity contribution >= 4 is 17.1 Å². The summed E-state index contributed by atoms with van der Waals surface area (Å²) in [5, 5.41) is 8.35. The summed E-state index contributed by atoms with van der Waals surface area (Å²) < 4.78 is 9.60. The minimum atomic E-state index is 0.130. The minimum absolute atomic E-state index is 0.130. The molecular formula is C21H29N7O2. The van der Waals surface area contributed by atoms with Gasteiger partial charge < -0.3 is 18.8 Å². The number of nitrogens with zero attached hydrogens (tertiary/aromatic N) is 7. The van der Waals surface area contributed by atoms with Gasteiger partial charge in [0.2, 0.25) is 5.91 Å². The largest absolute Gasteiger partial charge is 0.383 e. The van der Waals surface area contributed by atoms with Crippen LogP contribution in [0.5, 0.6) is 0 Å². The number of carbonyl (C=O) groups is 1. The molecule has 0 bridgehead atoms. The quantitative estimate of drug-likeness (QED) is 0.590. The van der Waals surface area contributed by atoms with Crippen LogP contribution in [-0.4, -0.2) is 66.9 Å². The maximum absolute atomic E-state index is 12.8. The number of ether oxygens (including phenoxy) is 1. The highest BCUT2D eigenvalue weighted by molar-refractivity contribution is 5.76. The second-order valence-electron chi connectivity index (χ2n) is 7.85. The highest BCUT2D eigenvalue weighted by Crippen LogP contribution is 2.21. The highest BCUT2D eigenvalue weighted by Gasteiger charge is 2.21. The summed E-state index contributed by atoms with van der Waals surface area (Å²) in [5.74, 6) is 3.03. The number of pyridine rings is 1. The molecule has 0 saturated heterocycles. The van der Waals surface area contributed by atoms with Crippen molar-refractivity contribution in [1.82, 2.24) is 34.2 Å². The van der Waals surface area contributed by atoms with E-state index < -0.39 is 0 Å². The summed E-state index contributed by atoms with van der Waals surface area (Å²) in [6.07, 6.45) is 4.53. The fourth-order valence-corrected chi connectivity index (χ4v) is 4.21. The Balaban J connectivity index is 1.39. The summed E-state index contributed by atoms with van der Waals surface area (Å²) in [5.41, 5.74) is 1.75. The van der Waals surface area contributed by atoms with Crippen LogP contribution in [-0.2, 0) is 28.9 Å². The van der Waals surface area contributed by atoms with Crippen LogP contribution in [0.4, 0.5) is 0 Å². The molecule has 9 heteroatoms. The van der Waals surface area contributed by atoms with E-state index >= 15 is 0 Å². The Morgan fingerprint density at radius 2 is 2.13 bits per heavy atom. The van der Waals surface area contributed by atoms with Crippen LogP contribution in [0.3, 0.4) is 0 Å². The van der Waals surface area contributed by atoms with E-state index in [1.54, 1.807) is 13.3 Å². The van der Waals surface area contributed by atoms with Gasteiger partial charge >= 0.3 is 0 Å². The number of rotatable bonds is 7. The molecule has 3 aromatic heterocycles. The van der Waals surface area contributed by atoms with Gasteiger partial charge in [-0.3, -0.25) is 4.79 Å². The van der Waals surface area contributed by atoms with E-state index in [1.165, 1.54) is 0 Å². The topological polar surface area (TPSA) is 91.0 Å². The molecule has 30 heavy (non-hydrogen) atoms. The molecule has 4 rings (SSSR count). The van der Waals surface area contributed by atoms with Gasteiger partial charge in [-0.05, 0) is 32.4 Å². The Kier molecular flexibility index (Phi) is 6.08. The van der Waals surface area contributed by atoms with Crippen LogP contribution in [0.1, 0.15) is 43.3 Å². The van der Waals surface area contributed by atoms with Gasteiger partial charge in [0.1, 0.15) is 23.0 Å². The van der Waals surface area contributed by atoms with E-state index in [1.807, 2.05) is 24.0 Å². The Morgan fingerprint density at radius 1 is 1.27 bits per heavy atom. The van der Waals surface area contributed by atoms with E-state index in [2.05, 4.69) is 31.2 Å². The number of aromatic nitrogens is 6. The number of hydrogen-bond donors (Lipinski definition) is 0. The molecule has 3 aromatic rings. The van der Waals surface area contributed by atoms with Crippen LogP contribution in [0.15, 0.2) is 18.3 Å². The number of methoxy groups -OCH3 is 1. The number of amides is 1. The molecule has 0 saturated carbocycles. The smallest absolute Gasteiger partial charge is 0.222 e. The highest BCUT2D eigenvalue weighted by atomic mass is 16.5. The Morgan fingerprint density at radius 3 is 2.97 bits per heavy atom. The monoisotopic (exact) mass is 411 g/mol. The molecule has 0 fully saturated rings. The van der Waals surface area contributed by atoms with Gasteiger partial charge in [0.25, 0.3) is 0 Å². The number of hydrogen-bond acceptors (Lipinski definition) is 6. The predicted molar refractivity (Wildman–Crippen MR) is 112 cm³/mol. The van der Waals surface area contributed by atoms with Gasteiger partial charge in [0.15, 0.2) is 5.65 Å². The third-order valence-corrected chi connectivity index (χ3v) is 5.73. The van der Waals surface area contributed by atoms with Crippen molar-refractivity contribution in [3.63, 3.8) is 0 Å². The zero-order chi connectivity index (χ0) is 21.1. The average Bonchev–Trinajstić information content (AvgIpc) is 3.19. The number of aryl methyl sites for hydroxylation is 2. The summed E-state index contributed by atoms with van der Waals surface area (Å²) >= 11 is 0. The van der Waals surface area contributed by atoms with Gasteiger partial charge in [0, 0.05) is 52.2 Å². The molecule has 4 heterocycles. The molecule has 1 amide bonds. The minimum Gasteiger partial charge on any atom is -0.383 e. The van der Waals surface area contributed by atoms with E-state index in [0.29, 0.717) is 26.1 Å². The second-order valence-corrected chi connectivity index (χ2v) is 7.85. The van der Waals surface area contributed by atoms with Crippen molar-refractivity contribution in [3.05, 3.63) is 35.8 Å². The van der Waals surface area contributed by atoms with Crippen LogP contribution >= 0.6 is 0 Å². The molecule has 0 N–H and O–H groups in total. The number of carbonyl (C=O) groups excluding carboxylic acids is 1. The lowest BCUT2D eigenvalue weighted by molar-refractivity contribution is -0.131. The molecule has 0 aromatic carbocycles. The van der Waals surface area contributed by atoms with Gasteiger partial charge in [-0.15, -0.1) is 10.2 Å². The first-order valence-electron chi connectivity index (χ1n) is 10.6. The summed E-state index contributed by atoms with van der Waals surface area (Å²) in [6, 6.07) is 4.00. The lowest BCUT2D eigenvalue weighted by Crippen LogP contribution is -2.33. The fourth-order valence-electron chi connectivity index (χ4n) is 4.21. The average molecular weight is 412 g/mol. The lowest BCUT2D eigenvalue weighted by Gasteiger charge is -2.20. The maximum Gasteiger partial charge on any atom is 0.222 e. The van der Waals surface area contributed by atoms with Crippen LogP contribution in [0.25, 0.3) is 11.2 Å². The Bertz CT molecular complexity index is 1030. The molecular weight excluding hydrogens is 382 g/mol. The Hall–Kier alpha value is -2.81. The zero-order valence-electron chi connectivity index (χ0n) is 17.9. The van der Waals surface area contributed by atoms with Crippen LogP contribution in [0.2, 0.25) is 0 Å². The van der Waals surface area contributed by atoms with Crippen LogP contribution in [0, 0.1) is 6.92 Å². The van der Waals surface area contributed by atoms with Crippen molar-refractivity contribution in [2.75, 3.05) is 26.8 Å². The lowest BCUT2D eigenvalue weighted by atomic mass is 10.2. The van der Waals surface area contributed by atoms with Gasteiger partial charge in [-0.2, -0.15) is 0 Å². The molecule has 1 aliphatic heterocycles. The van der Waals surface area contributed by atoms with Crippen molar-refractivity contribution in [2.45, 2.75) is 52.1 Å². The van der Waals surface area contributed by atoms with E-state index in [4.69, 9.17) is 9.72 Å². The number of fused-ring (bicyclic) bond motifs is 2.